The van der Waals surface area contributed by atoms with Crippen molar-refractivity contribution in [1.82, 2.24) is 4.98 Å². The number of rotatable bonds is 4. The quantitative estimate of drug-likeness (QED) is 0.671. The van der Waals surface area contributed by atoms with Gasteiger partial charge in [-0.25, -0.2) is 18.2 Å². The van der Waals surface area contributed by atoms with Crippen LogP contribution in [0.3, 0.4) is 0 Å². The number of nitrogens with one attached hydrogen (secondary N) is 1. The van der Waals surface area contributed by atoms with Gasteiger partial charge in [-0.05, 0) is 30.7 Å². The van der Waals surface area contributed by atoms with E-state index in [1.807, 2.05) is 0 Å². The third-order valence-corrected chi connectivity index (χ3v) is 4.49. The average molecular weight is 362 g/mol. The van der Waals surface area contributed by atoms with E-state index in [1.165, 1.54) is 12.1 Å². The molecule has 1 amide bonds. The summed E-state index contributed by atoms with van der Waals surface area (Å²) in [6, 6.07) is 12.7. The number of aryl methyl sites for hydroxylation is 1. The third-order valence-electron chi connectivity index (χ3n) is 3.50. The first-order valence-corrected chi connectivity index (χ1v) is 8.19. The topological polar surface area (TPSA) is 42.0 Å². The lowest BCUT2D eigenvalue weighted by Crippen LogP contribution is -2.13. The van der Waals surface area contributed by atoms with Crippen molar-refractivity contribution in [2.45, 2.75) is 13.3 Å². The molecule has 3 nitrogen and oxygen atoms in total. The molecule has 0 aliphatic heterocycles. The molecule has 0 saturated carbocycles. The highest BCUT2D eigenvalue weighted by molar-refractivity contribution is 7.13. The molecule has 0 aliphatic carbocycles. The van der Waals surface area contributed by atoms with Gasteiger partial charge in [0.15, 0.2) is 0 Å². The number of benzene rings is 2. The Morgan fingerprint density at radius 1 is 1.12 bits per heavy atom. The van der Waals surface area contributed by atoms with Gasteiger partial charge >= 0.3 is 0 Å². The van der Waals surface area contributed by atoms with Gasteiger partial charge in [0.25, 0.3) is 12.3 Å². The molecule has 25 heavy (non-hydrogen) atoms. The van der Waals surface area contributed by atoms with Crippen LogP contribution >= 0.6 is 11.3 Å². The van der Waals surface area contributed by atoms with E-state index >= 15 is 0 Å². The molecule has 3 rings (SSSR count). The van der Waals surface area contributed by atoms with Gasteiger partial charge < -0.3 is 5.32 Å². The number of halogens is 3. The van der Waals surface area contributed by atoms with Crippen molar-refractivity contribution in [2.24, 2.45) is 0 Å². The van der Waals surface area contributed by atoms with E-state index < -0.39 is 18.0 Å². The smallest absolute Gasteiger partial charge is 0.282 e. The van der Waals surface area contributed by atoms with Gasteiger partial charge in [0, 0.05) is 11.3 Å². The van der Waals surface area contributed by atoms with Crippen LogP contribution < -0.4 is 5.32 Å². The Labute approximate surface area is 146 Å². The van der Waals surface area contributed by atoms with Crippen LogP contribution in [0.4, 0.5) is 18.9 Å². The van der Waals surface area contributed by atoms with Crippen LogP contribution in [0, 0.1) is 12.7 Å². The van der Waals surface area contributed by atoms with E-state index in [4.69, 9.17) is 0 Å². The minimum atomic E-state index is -2.82. The SMILES string of the molecule is Cc1nc(C(F)F)c(C(=O)Nc2ccccc2-c2ccc(F)cc2)s1. The lowest BCUT2D eigenvalue weighted by molar-refractivity contribution is 0.101. The second-order valence-corrected chi connectivity index (χ2v) is 6.46. The summed E-state index contributed by atoms with van der Waals surface area (Å²) in [5, 5.41) is 3.05. The normalized spacial score (nSPS) is 10.9. The van der Waals surface area contributed by atoms with Crippen LogP contribution in [0.5, 0.6) is 0 Å². The lowest BCUT2D eigenvalue weighted by Gasteiger charge is -2.11. The molecule has 1 N–H and O–H groups in total. The standard InChI is InChI=1S/C18H13F3N2OS/c1-10-22-15(17(20)21)16(25-10)18(24)23-14-5-3-2-4-13(14)11-6-8-12(19)9-7-11/h2-9,17H,1H3,(H,23,24). The van der Waals surface area contributed by atoms with Crippen LogP contribution in [-0.2, 0) is 0 Å². The minimum absolute atomic E-state index is 0.110. The molecule has 2 aromatic carbocycles. The fourth-order valence-corrected chi connectivity index (χ4v) is 3.23. The zero-order valence-electron chi connectivity index (χ0n) is 13.1. The number of aromatic nitrogens is 1. The average Bonchev–Trinajstić information content (AvgIpc) is 2.99. The number of carbonyl (C=O) groups excluding carboxylic acids is 1. The Kier molecular flexibility index (Phi) is 4.85. The number of para-hydroxylation sites is 1. The van der Waals surface area contributed by atoms with Crippen LogP contribution in [0.2, 0.25) is 0 Å². The Hall–Kier alpha value is -2.67. The Balaban J connectivity index is 1.94. The zero-order valence-corrected chi connectivity index (χ0v) is 13.9. The van der Waals surface area contributed by atoms with E-state index in [2.05, 4.69) is 10.3 Å². The van der Waals surface area contributed by atoms with Crippen LogP contribution in [-0.4, -0.2) is 10.9 Å². The third kappa shape index (κ3) is 3.71. The summed E-state index contributed by atoms with van der Waals surface area (Å²) in [5.74, 6) is -1.01. The Morgan fingerprint density at radius 3 is 2.48 bits per heavy atom. The van der Waals surface area contributed by atoms with Crippen molar-refractivity contribution in [1.29, 1.82) is 0 Å². The number of anilines is 1. The van der Waals surface area contributed by atoms with Crippen molar-refractivity contribution in [3.63, 3.8) is 0 Å². The first kappa shape index (κ1) is 17.2. The molecule has 0 bridgehead atoms. The number of carbonyl (C=O) groups is 1. The second-order valence-electron chi connectivity index (χ2n) is 5.25. The number of nitrogens with zero attached hydrogens (tertiary/aromatic N) is 1. The highest BCUT2D eigenvalue weighted by Gasteiger charge is 2.24. The van der Waals surface area contributed by atoms with E-state index in [-0.39, 0.29) is 10.7 Å². The van der Waals surface area contributed by atoms with Crippen LogP contribution in [0.25, 0.3) is 11.1 Å². The van der Waals surface area contributed by atoms with Crippen LogP contribution in [0.1, 0.15) is 26.8 Å². The fraction of sp³-hybridized carbons (Fsp3) is 0.111. The summed E-state index contributed by atoms with van der Waals surface area (Å²) in [6.07, 6.45) is -2.82. The van der Waals surface area contributed by atoms with E-state index in [0.717, 1.165) is 11.3 Å². The monoisotopic (exact) mass is 362 g/mol. The number of hydrogen-bond acceptors (Lipinski definition) is 3. The molecular formula is C18H13F3N2OS. The first-order chi connectivity index (χ1) is 12.0. The molecule has 0 radical (unpaired) electrons. The van der Waals surface area contributed by atoms with E-state index in [9.17, 15) is 18.0 Å². The summed E-state index contributed by atoms with van der Waals surface area (Å²) >= 11 is 0.921. The molecule has 3 aromatic rings. The number of hydrogen-bond donors (Lipinski definition) is 1. The van der Waals surface area contributed by atoms with Crippen molar-refractivity contribution < 1.29 is 18.0 Å². The molecule has 0 saturated heterocycles. The summed E-state index contributed by atoms with van der Waals surface area (Å²) in [4.78, 5) is 16.1. The van der Waals surface area contributed by atoms with E-state index in [0.29, 0.717) is 21.8 Å². The molecule has 0 unspecified atom stereocenters. The van der Waals surface area contributed by atoms with E-state index in [1.54, 1.807) is 43.3 Å². The van der Waals surface area contributed by atoms with Crippen molar-refractivity contribution in [3.8, 4) is 11.1 Å². The summed E-state index contributed by atoms with van der Waals surface area (Å²) in [7, 11) is 0. The molecule has 1 heterocycles. The Morgan fingerprint density at radius 2 is 1.80 bits per heavy atom. The van der Waals surface area contributed by atoms with Gasteiger partial charge in [0.2, 0.25) is 0 Å². The predicted molar refractivity (Wildman–Crippen MR) is 91.6 cm³/mol. The molecule has 0 fully saturated rings. The minimum Gasteiger partial charge on any atom is -0.321 e. The van der Waals surface area contributed by atoms with Gasteiger partial charge in [-0.2, -0.15) is 0 Å². The highest BCUT2D eigenvalue weighted by Crippen LogP contribution is 2.31. The van der Waals surface area contributed by atoms with Crippen molar-refractivity contribution in [3.05, 3.63) is 69.9 Å². The highest BCUT2D eigenvalue weighted by atomic mass is 32.1. The van der Waals surface area contributed by atoms with Gasteiger partial charge in [-0.3, -0.25) is 4.79 Å². The van der Waals surface area contributed by atoms with Gasteiger partial charge in [0.05, 0.1) is 5.01 Å². The molecular weight excluding hydrogens is 349 g/mol. The second kappa shape index (κ2) is 7.06. The zero-order chi connectivity index (χ0) is 18.0. The molecule has 128 valence electrons. The summed E-state index contributed by atoms with van der Waals surface area (Å²) in [5.41, 5.74) is 1.30. The van der Waals surface area contributed by atoms with Crippen LogP contribution in [0.15, 0.2) is 48.5 Å². The van der Waals surface area contributed by atoms with Crippen molar-refractivity contribution in [2.75, 3.05) is 5.32 Å². The van der Waals surface area contributed by atoms with Gasteiger partial charge in [-0.1, -0.05) is 30.3 Å². The number of alkyl halides is 2. The molecule has 0 atom stereocenters. The molecule has 7 heteroatoms. The van der Waals surface area contributed by atoms with Gasteiger partial charge in [0.1, 0.15) is 16.4 Å². The Bertz CT molecular complexity index is 907. The molecule has 0 aliphatic rings. The summed E-state index contributed by atoms with van der Waals surface area (Å²) in [6.45, 7) is 1.57. The summed E-state index contributed by atoms with van der Waals surface area (Å²) < 4.78 is 39.2. The fourth-order valence-electron chi connectivity index (χ4n) is 2.41. The number of amides is 1. The molecule has 1 aromatic heterocycles. The number of thiazole rings is 1. The largest absolute Gasteiger partial charge is 0.321 e. The maximum Gasteiger partial charge on any atom is 0.282 e. The maximum atomic E-state index is 13.1. The maximum absolute atomic E-state index is 13.1. The molecule has 0 spiro atoms. The lowest BCUT2D eigenvalue weighted by atomic mass is 10.0. The van der Waals surface area contributed by atoms with Gasteiger partial charge in [-0.15, -0.1) is 11.3 Å². The van der Waals surface area contributed by atoms with Crippen molar-refractivity contribution >= 4 is 22.9 Å². The first-order valence-electron chi connectivity index (χ1n) is 7.37. The predicted octanol–water partition coefficient (Wildman–Crippen LogP) is 5.45.